The summed E-state index contributed by atoms with van der Waals surface area (Å²) in [6.45, 7) is 6.21. The molecule has 0 radical (unpaired) electrons. The third kappa shape index (κ3) is 2.79. The minimum absolute atomic E-state index is 0.353. The van der Waals surface area contributed by atoms with Gasteiger partial charge in [-0.2, -0.15) is 0 Å². The molecule has 18 heavy (non-hydrogen) atoms. The zero-order valence-electron chi connectivity index (χ0n) is 11.3. The van der Waals surface area contributed by atoms with Crippen LogP contribution >= 0.6 is 0 Å². The third-order valence-corrected chi connectivity index (χ3v) is 3.12. The second-order valence-corrected chi connectivity index (χ2v) is 4.71. The summed E-state index contributed by atoms with van der Waals surface area (Å²) < 4.78 is 11.0. The van der Waals surface area contributed by atoms with Gasteiger partial charge in [0.05, 0.1) is 12.3 Å². The van der Waals surface area contributed by atoms with E-state index in [1.165, 1.54) is 0 Å². The first kappa shape index (κ1) is 13.2. The van der Waals surface area contributed by atoms with Crippen molar-refractivity contribution in [1.29, 1.82) is 0 Å². The predicted octanol–water partition coefficient (Wildman–Crippen LogP) is 2.08. The molecular formula is C13H21N3O2. The molecule has 2 rings (SSSR count). The zero-order valence-corrected chi connectivity index (χ0v) is 11.3. The summed E-state index contributed by atoms with van der Waals surface area (Å²) >= 11 is 0. The molecule has 0 spiro atoms. The van der Waals surface area contributed by atoms with Crippen LogP contribution in [0.4, 0.5) is 5.82 Å². The van der Waals surface area contributed by atoms with E-state index in [1.807, 2.05) is 13.0 Å². The first-order chi connectivity index (χ1) is 8.68. The van der Waals surface area contributed by atoms with E-state index < -0.39 is 0 Å². The fourth-order valence-electron chi connectivity index (χ4n) is 2.18. The lowest BCUT2D eigenvalue weighted by Crippen LogP contribution is -2.24. The molecule has 5 nitrogen and oxygen atoms in total. The Morgan fingerprint density at radius 2 is 2.33 bits per heavy atom. The Bertz CT molecular complexity index is 379. The lowest BCUT2D eigenvalue weighted by Gasteiger charge is -2.22. The summed E-state index contributed by atoms with van der Waals surface area (Å²) in [5.74, 6) is 1.59. The van der Waals surface area contributed by atoms with E-state index in [0.717, 1.165) is 43.3 Å². The molecule has 0 bridgehead atoms. The smallest absolute Gasteiger partial charge is 0.162 e. The minimum Gasteiger partial charge on any atom is -0.378 e. The average molecular weight is 251 g/mol. The Hall–Kier alpha value is -1.20. The Labute approximate surface area is 108 Å². The van der Waals surface area contributed by atoms with Crippen LogP contribution in [0.5, 0.6) is 0 Å². The number of hydrogen-bond acceptors (Lipinski definition) is 5. The fraction of sp³-hybridized carbons (Fsp3) is 0.692. The molecule has 0 saturated carbocycles. The maximum Gasteiger partial charge on any atom is 0.162 e. The molecular weight excluding hydrogens is 230 g/mol. The monoisotopic (exact) mass is 251 g/mol. The molecule has 5 heteroatoms. The SMILES string of the molecule is CCNc1cc(COC)nc(C2(C)CCCO2)n1. The lowest BCUT2D eigenvalue weighted by atomic mass is 10.0. The van der Waals surface area contributed by atoms with E-state index in [9.17, 15) is 0 Å². The molecule has 1 aromatic rings. The molecule has 0 aliphatic carbocycles. The standard InChI is InChI=1S/C13H21N3O2/c1-4-14-11-8-10(9-17-3)15-12(16-11)13(2)6-5-7-18-13/h8H,4-7,9H2,1-3H3,(H,14,15,16). The Balaban J connectivity index is 2.32. The number of rotatable bonds is 5. The van der Waals surface area contributed by atoms with Gasteiger partial charge in [0.1, 0.15) is 11.4 Å². The number of methoxy groups -OCH3 is 1. The predicted molar refractivity (Wildman–Crippen MR) is 69.4 cm³/mol. The zero-order chi connectivity index (χ0) is 13.0. The quantitative estimate of drug-likeness (QED) is 0.868. The molecule has 1 aliphatic rings. The molecule has 1 saturated heterocycles. The van der Waals surface area contributed by atoms with Gasteiger partial charge in [0.15, 0.2) is 5.82 Å². The van der Waals surface area contributed by atoms with Crippen LogP contribution < -0.4 is 5.32 Å². The number of aromatic nitrogens is 2. The topological polar surface area (TPSA) is 56.3 Å². The maximum atomic E-state index is 5.80. The van der Waals surface area contributed by atoms with Crippen LogP contribution in [0.25, 0.3) is 0 Å². The van der Waals surface area contributed by atoms with E-state index in [-0.39, 0.29) is 5.60 Å². The van der Waals surface area contributed by atoms with E-state index in [1.54, 1.807) is 7.11 Å². The highest BCUT2D eigenvalue weighted by molar-refractivity contribution is 5.36. The van der Waals surface area contributed by atoms with E-state index in [4.69, 9.17) is 9.47 Å². The van der Waals surface area contributed by atoms with E-state index >= 15 is 0 Å². The highest BCUT2D eigenvalue weighted by Gasteiger charge is 2.35. The largest absolute Gasteiger partial charge is 0.378 e. The van der Waals surface area contributed by atoms with Crippen molar-refractivity contribution in [3.8, 4) is 0 Å². The summed E-state index contributed by atoms with van der Waals surface area (Å²) in [5, 5.41) is 3.23. The number of nitrogens with zero attached hydrogens (tertiary/aromatic N) is 2. The van der Waals surface area contributed by atoms with Crippen molar-refractivity contribution < 1.29 is 9.47 Å². The number of anilines is 1. The second kappa shape index (κ2) is 5.63. The first-order valence-corrected chi connectivity index (χ1v) is 6.43. The number of ether oxygens (including phenoxy) is 2. The van der Waals surface area contributed by atoms with E-state index in [0.29, 0.717) is 6.61 Å². The fourth-order valence-corrected chi connectivity index (χ4v) is 2.18. The van der Waals surface area contributed by atoms with E-state index in [2.05, 4.69) is 22.2 Å². The highest BCUT2D eigenvalue weighted by Crippen LogP contribution is 2.34. The third-order valence-electron chi connectivity index (χ3n) is 3.12. The van der Waals surface area contributed by atoms with Crippen LogP contribution in [0.3, 0.4) is 0 Å². The molecule has 1 unspecified atom stereocenters. The maximum absolute atomic E-state index is 5.80. The van der Waals surface area contributed by atoms with Gasteiger partial charge in [-0.15, -0.1) is 0 Å². The van der Waals surface area contributed by atoms with Gasteiger partial charge in [-0.05, 0) is 26.7 Å². The summed E-state index contributed by atoms with van der Waals surface area (Å²) in [7, 11) is 1.67. The molecule has 1 aliphatic heterocycles. The van der Waals surface area contributed by atoms with Gasteiger partial charge >= 0.3 is 0 Å². The van der Waals surface area contributed by atoms with Crippen molar-refractivity contribution in [2.75, 3.05) is 25.6 Å². The minimum atomic E-state index is -0.353. The van der Waals surface area contributed by atoms with Gasteiger partial charge in [-0.3, -0.25) is 0 Å². The molecule has 0 amide bonds. The molecule has 0 aromatic carbocycles. The Morgan fingerprint density at radius 3 is 2.94 bits per heavy atom. The average Bonchev–Trinajstić information content (AvgIpc) is 2.78. The van der Waals surface area contributed by atoms with Gasteiger partial charge in [-0.1, -0.05) is 0 Å². The molecule has 1 fully saturated rings. The van der Waals surface area contributed by atoms with Crippen molar-refractivity contribution in [1.82, 2.24) is 9.97 Å². The van der Waals surface area contributed by atoms with Gasteiger partial charge in [0.25, 0.3) is 0 Å². The first-order valence-electron chi connectivity index (χ1n) is 6.43. The van der Waals surface area contributed by atoms with Crippen molar-refractivity contribution in [3.63, 3.8) is 0 Å². The molecule has 1 atom stereocenters. The van der Waals surface area contributed by atoms with Crippen molar-refractivity contribution >= 4 is 5.82 Å². The molecule has 100 valence electrons. The van der Waals surface area contributed by atoms with Crippen LogP contribution in [-0.4, -0.2) is 30.2 Å². The van der Waals surface area contributed by atoms with Gasteiger partial charge in [0.2, 0.25) is 0 Å². The Morgan fingerprint density at radius 1 is 1.50 bits per heavy atom. The highest BCUT2D eigenvalue weighted by atomic mass is 16.5. The number of nitrogens with one attached hydrogen (secondary N) is 1. The van der Waals surface area contributed by atoms with Crippen LogP contribution in [-0.2, 0) is 21.7 Å². The van der Waals surface area contributed by atoms with Crippen molar-refractivity contribution in [3.05, 3.63) is 17.6 Å². The summed E-state index contributed by atoms with van der Waals surface area (Å²) in [6.07, 6.45) is 2.03. The lowest BCUT2D eigenvalue weighted by molar-refractivity contribution is 0.00898. The summed E-state index contributed by atoms with van der Waals surface area (Å²) in [6, 6.07) is 1.93. The Kier molecular flexibility index (Phi) is 4.14. The van der Waals surface area contributed by atoms with Crippen LogP contribution in [0.1, 0.15) is 38.2 Å². The van der Waals surface area contributed by atoms with Gasteiger partial charge in [-0.25, -0.2) is 9.97 Å². The summed E-state index contributed by atoms with van der Waals surface area (Å²) in [5.41, 5.74) is 0.531. The molecule has 1 N–H and O–H groups in total. The molecule has 2 heterocycles. The number of hydrogen-bond donors (Lipinski definition) is 1. The van der Waals surface area contributed by atoms with Gasteiger partial charge < -0.3 is 14.8 Å². The van der Waals surface area contributed by atoms with Crippen LogP contribution in [0.2, 0.25) is 0 Å². The van der Waals surface area contributed by atoms with Crippen molar-refractivity contribution in [2.24, 2.45) is 0 Å². The normalized spacial score (nSPS) is 23.3. The molecule has 1 aromatic heterocycles. The second-order valence-electron chi connectivity index (χ2n) is 4.71. The van der Waals surface area contributed by atoms with Crippen molar-refractivity contribution in [2.45, 2.75) is 38.9 Å². The van der Waals surface area contributed by atoms with Gasteiger partial charge in [0, 0.05) is 26.3 Å². The van der Waals surface area contributed by atoms with Crippen LogP contribution in [0, 0.1) is 0 Å². The summed E-state index contributed by atoms with van der Waals surface area (Å²) in [4.78, 5) is 9.11. The van der Waals surface area contributed by atoms with Crippen LogP contribution in [0.15, 0.2) is 6.07 Å².